The van der Waals surface area contributed by atoms with Gasteiger partial charge < -0.3 is 10.6 Å². The number of nitrogen functional groups attached to an aromatic ring is 1. The van der Waals surface area contributed by atoms with E-state index in [1.54, 1.807) is 29.2 Å². The Morgan fingerprint density at radius 2 is 1.90 bits per heavy atom. The molecule has 0 radical (unpaired) electrons. The minimum Gasteiger partial charge on any atom is -0.399 e. The van der Waals surface area contributed by atoms with Crippen LogP contribution in [0.3, 0.4) is 0 Å². The zero-order chi connectivity index (χ0) is 14.5. The number of anilines is 2. The number of hydrogen-bond donors (Lipinski definition) is 1. The van der Waals surface area contributed by atoms with Gasteiger partial charge in [-0.1, -0.05) is 18.2 Å². The molecule has 0 aliphatic carbocycles. The summed E-state index contributed by atoms with van der Waals surface area (Å²) in [4.78, 5) is 13.9. The van der Waals surface area contributed by atoms with E-state index in [0.29, 0.717) is 17.9 Å². The Morgan fingerprint density at radius 3 is 2.50 bits per heavy atom. The monoisotopic (exact) mass is 272 g/mol. The third kappa shape index (κ3) is 3.35. The molecule has 0 heterocycles. The average Bonchev–Trinajstić information content (AvgIpc) is 2.42. The highest BCUT2D eigenvalue weighted by atomic mass is 19.1. The van der Waals surface area contributed by atoms with Gasteiger partial charge in [-0.2, -0.15) is 0 Å². The largest absolute Gasteiger partial charge is 0.399 e. The average molecular weight is 272 g/mol. The highest BCUT2D eigenvalue weighted by Crippen LogP contribution is 2.17. The van der Waals surface area contributed by atoms with Crippen molar-refractivity contribution in [3.05, 3.63) is 59.9 Å². The molecule has 3 nitrogen and oxygen atoms in total. The summed E-state index contributed by atoms with van der Waals surface area (Å²) in [6.07, 6.45) is 0.268. The van der Waals surface area contributed by atoms with E-state index in [4.69, 9.17) is 5.73 Å². The number of benzene rings is 2. The minimum absolute atomic E-state index is 0.0668. The number of hydrogen-bond acceptors (Lipinski definition) is 2. The predicted octanol–water partition coefficient (Wildman–Crippen LogP) is 3.00. The van der Waals surface area contributed by atoms with E-state index in [0.717, 1.165) is 5.56 Å². The Balaban J connectivity index is 2.15. The van der Waals surface area contributed by atoms with Crippen LogP contribution in [0.15, 0.2) is 48.5 Å². The van der Waals surface area contributed by atoms with Gasteiger partial charge in [0.25, 0.3) is 0 Å². The maximum atomic E-state index is 13.2. The summed E-state index contributed by atoms with van der Waals surface area (Å²) in [5.41, 5.74) is 7.74. The van der Waals surface area contributed by atoms with Crippen molar-refractivity contribution in [2.75, 3.05) is 17.2 Å². The summed E-state index contributed by atoms with van der Waals surface area (Å²) < 4.78 is 13.2. The predicted molar refractivity (Wildman–Crippen MR) is 79.0 cm³/mol. The molecule has 0 fully saturated rings. The van der Waals surface area contributed by atoms with Crippen LogP contribution >= 0.6 is 0 Å². The topological polar surface area (TPSA) is 46.3 Å². The highest BCUT2D eigenvalue weighted by Gasteiger charge is 2.14. The quantitative estimate of drug-likeness (QED) is 0.870. The molecule has 2 N–H and O–H groups in total. The van der Waals surface area contributed by atoms with Crippen molar-refractivity contribution in [2.24, 2.45) is 0 Å². The maximum absolute atomic E-state index is 13.2. The van der Waals surface area contributed by atoms with E-state index >= 15 is 0 Å². The number of amides is 1. The van der Waals surface area contributed by atoms with Gasteiger partial charge in [0.15, 0.2) is 0 Å². The number of likely N-dealkylation sites (N-methyl/N-ethyl adjacent to an activating group) is 1. The molecule has 0 bridgehead atoms. The van der Waals surface area contributed by atoms with Crippen LogP contribution in [0.2, 0.25) is 0 Å². The van der Waals surface area contributed by atoms with Crippen molar-refractivity contribution in [1.29, 1.82) is 0 Å². The Kier molecular flexibility index (Phi) is 4.35. The van der Waals surface area contributed by atoms with Crippen molar-refractivity contribution in [3.63, 3.8) is 0 Å². The molecule has 0 aliphatic heterocycles. The molecule has 4 heteroatoms. The molecular formula is C16H17FN2O. The van der Waals surface area contributed by atoms with Gasteiger partial charge >= 0.3 is 0 Å². The maximum Gasteiger partial charge on any atom is 0.231 e. The summed E-state index contributed by atoms with van der Waals surface area (Å²) in [6.45, 7) is 2.36. The summed E-state index contributed by atoms with van der Waals surface area (Å²) in [7, 11) is 0. The molecule has 20 heavy (non-hydrogen) atoms. The first-order chi connectivity index (χ1) is 9.60. The Morgan fingerprint density at radius 1 is 1.20 bits per heavy atom. The lowest BCUT2D eigenvalue weighted by Crippen LogP contribution is -2.32. The van der Waals surface area contributed by atoms with Crippen LogP contribution in [0.5, 0.6) is 0 Å². The van der Waals surface area contributed by atoms with Gasteiger partial charge in [-0.3, -0.25) is 4.79 Å². The third-order valence-corrected chi connectivity index (χ3v) is 3.07. The Bertz CT molecular complexity index is 596. The number of nitrogens with two attached hydrogens (primary N) is 1. The molecule has 2 rings (SSSR count). The Hall–Kier alpha value is -2.36. The molecule has 0 unspecified atom stereocenters. The fourth-order valence-corrected chi connectivity index (χ4v) is 2.05. The first kappa shape index (κ1) is 14.1. The van der Waals surface area contributed by atoms with Crippen LogP contribution in [0.1, 0.15) is 12.5 Å². The number of carbonyl (C=O) groups is 1. The lowest BCUT2D eigenvalue weighted by atomic mass is 10.1. The van der Waals surface area contributed by atoms with Crippen LogP contribution in [0.4, 0.5) is 15.8 Å². The summed E-state index contributed by atoms with van der Waals surface area (Å²) in [5.74, 6) is -0.413. The fourth-order valence-electron chi connectivity index (χ4n) is 2.05. The van der Waals surface area contributed by atoms with Gasteiger partial charge in [0.2, 0.25) is 5.91 Å². The van der Waals surface area contributed by atoms with Gasteiger partial charge in [0.1, 0.15) is 5.82 Å². The first-order valence-corrected chi connectivity index (χ1v) is 6.50. The molecule has 0 saturated carbocycles. The molecule has 0 spiro atoms. The van der Waals surface area contributed by atoms with Crippen LogP contribution in [0, 0.1) is 5.82 Å². The van der Waals surface area contributed by atoms with Gasteiger partial charge in [0.05, 0.1) is 6.42 Å². The minimum atomic E-state index is -0.346. The van der Waals surface area contributed by atoms with E-state index in [2.05, 4.69) is 0 Å². The second-order valence-corrected chi connectivity index (χ2v) is 4.54. The highest BCUT2D eigenvalue weighted by molar-refractivity contribution is 5.94. The second kappa shape index (κ2) is 6.19. The van der Waals surface area contributed by atoms with E-state index in [-0.39, 0.29) is 18.1 Å². The molecule has 2 aromatic rings. The van der Waals surface area contributed by atoms with Gasteiger partial charge in [-0.05, 0) is 42.8 Å². The van der Waals surface area contributed by atoms with Crippen LogP contribution in [-0.4, -0.2) is 12.5 Å². The third-order valence-electron chi connectivity index (χ3n) is 3.07. The summed E-state index contributed by atoms with van der Waals surface area (Å²) >= 11 is 0. The summed E-state index contributed by atoms with van der Waals surface area (Å²) in [6, 6.07) is 13.2. The normalized spacial score (nSPS) is 10.3. The zero-order valence-electron chi connectivity index (χ0n) is 11.3. The standard InChI is InChI=1S/C16H17FN2O/c1-2-19(15-5-3-4-13(17)11-15)16(20)10-12-6-8-14(18)9-7-12/h3-9,11H,2,10,18H2,1H3. The number of carbonyl (C=O) groups excluding carboxylic acids is 1. The van der Waals surface area contributed by atoms with Crippen LogP contribution in [0.25, 0.3) is 0 Å². The van der Waals surface area contributed by atoms with Gasteiger partial charge in [0, 0.05) is 17.9 Å². The molecule has 104 valence electrons. The SMILES string of the molecule is CCN(C(=O)Cc1ccc(N)cc1)c1cccc(F)c1. The van der Waals surface area contributed by atoms with E-state index in [9.17, 15) is 9.18 Å². The van der Waals surface area contributed by atoms with Crippen molar-refractivity contribution in [3.8, 4) is 0 Å². The zero-order valence-corrected chi connectivity index (χ0v) is 11.3. The van der Waals surface area contributed by atoms with Crippen molar-refractivity contribution in [1.82, 2.24) is 0 Å². The van der Waals surface area contributed by atoms with Gasteiger partial charge in [-0.25, -0.2) is 4.39 Å². The van der Waals surface area contributed by atoms with Crippen molar-refractivity contribution >= 4 is 17.3 Å². The number of halogens is 1. The summed E-state index contributed by atoms with van der Waals surface area (Å²) in [5, 5.41) is 0. The molecule has 1 amide bonds. The molecular weight excluding hydrogens is 255 g/mol. The van der Waals surface area contributed by atoms with E-state index in [1.807, 2.05) is 19.1 Å². The molecule has 2 aromatic carbocycles. The van der Waals surface area contributed by atoms with Crippen LogP contribution < -0.4 is 10.6 Å². The lowest BCUT2D eigenvalue weighted by molar-refractivity contribution is -0.117. The van der Waals surface area contributed by atoms with E-state index in [1.165, 1.54) is 12.1 Å². The van der Waals surface area contributed by atoms with Gasteiger partial charge in [-0.15, -0.1) is 0 Å². The molecule has 0 atom stereocenters. The second-order valence-electron chi connectivity index (χ2n) is 4.54. The lowest BCUT2D eigenvalue weighted by Gasteiger charge is -2.21. The molecule has 0 saturated heterocycles. The van der Waals surface area contributed by atoms with Crippen molar-refractivity contribution < 1.29 is 9.18 Å². The van der Waals surface area contributed by atoms with Crippen molar-refractivity contribution in [2.45, 2.75) is 13.3 Å². The number of rotatable bonds is 4. The first-order valence-electron chi connectivity index (χ1n) is 6.50. The molecule has 0 aliphatic rings. The number of nitrogens with zero attached hydrogens (tertiary/aromatic N) is 1. The molecule has 0 aromatic heterocycles. The Labute approximate surface area is 117 Å². The van der Waals surface area contributed by atoms with E-state index < -0.39 is 0 Å². The van der Waals surface area contributed by atoms with Crippen LogP contribution in [-0.2, 0) is 11.2 Å². The smallest absolute Gasteiger partial charge is 0.231 e. The fraction of sp³-hybridized carbons (Fsp3) is 0.188.